The van der Waals surface area contributed by atoms with Crippen molar-refractivity contribution in [2.45, 2.75) is 44.5 Å². The molecule has 0 aromatic carbocycles. The van der Waals surface area contributed by atoms with Crippen LogP contribution in [0.25, 0.3) is 0 Å². The summed E-state index contributed by atoms with van der Waals surface area (Å²) < 4.78 is 21.8. The SMILES string of the molecule is OCCOCCOCC(O)(OC1=CCCC1)OC1=CCCC1. The van der Waals surface area contributed by atoms with Crippen LogP contribution in [0.15, 0.2) is 23.7 Å². The van der Waals surface area contributed by atoms with Crippen molar-refractivity contribution < 1.29 is 29.2 Å². The predicted octanol–water partition coefficient (Wildman–Crippen LogP) is 1.83. The van der Waals surface area contributed by atoms with E-state index in [0.29, 0.717) is 13.2 Å². The van der Waals surface area contributed by atoms with Gasteiger partial charge in [-0.3, -0.25) is 0 Å². The summed E-state index contributed by atoms with van der Waals surface area (Å²) in [4.78, 5) is 0. The van der Waals surface area contributed by atoms with Crippen LogP contribution in [-0.4, -0.2) is 49.2 Å². The van der Waals surface area contributed by atoms with E-state index in [1.165, 1.54) is 0 Å². The van der Waals surface area contributed by atoms with E-state index in [1.54, 1.807) is 0 Å². The molecule has 0 heterocycles. The van der Waals surface area contributed by atoms with Gasteiger partial charge in [0.15, 0.2) is 6.61 Å². The summed E-state index contributed by atoms with van der Waals surface area (Å²) in [6, 6.07) is 0. The molecule has 2 rings (SSSR count). The van der Waals surface area contributed by atoms with Crippen molar-refractivity contribution in [3.8, 4) is 0 Å². The molecule has 0 aromatic heterocycles. The van der Waals surface area contributed by atoms with Crippen LogP contribution in [-0.2, 0) is 18.9 Å². The molecule has 0 unspecified atom stereocenters. The first-order valence-corrected chi connectivity index (χ1v) is 7.97. The zero-order valence-electron chi connectivity index (χ0n) is 13.0. The number of allylic oxidation sites excluding steroid dienone is 4. The second kappa shape index (κ2) is 9.15. The average Bonchev–Trinajstić information content (AvgIpc) is 3.16. The highest BCUT2D eigenvalue weighted by atomic mass is 16.8. The van der Waals surface area contributed by atoms with Gasteiger partial charge in [-0.15, -0.1) is 0 Å². The van der Waals surface area contributed by atoms with E-state index in [9.17, 15) is 5.11 Å². The summed E-state index contributed by atoms with van der Waals surface area (Å²) in [6.45, 7) is 0.818. The van der Waals surface area contributed by atoms with Crippen LogP contribution in [0.5, 0.6) is 0 Å². The molecular formula is C16H26O6. The lowest BCUT2D eigenvalue weighted by molar-refractivity contribution is -0.348. The van der Waals surface area contributed by atoms with Crippen molar-refractivity contribution in [3.05, 3.63) is 23.7 Å². The molecular weight excluding hydrogens is 288 g/mol. The van der Waals surface area contributed by atoms with Crippen LogP contribution in [0.4, 0.5) is 0 Å². The smallest absolute Gasteiger partial charge is 0.393 e. The third-order valence-electron chi connectivity index (χ3n) is 3.47. The standard InChI is InChI=1S/C16H26O6/c17-9-10-19-11-12-20-13-16(18,21-14-5-1-2-6-14)22-15-7-3-4-8-15/h5,7,17-18H,1-4,6,8-13H2. The Morgan fingerprint density at radius 2 is 1.50 bits per heavy atom. The van der Waals surface area contributed by atoms with Crippen molar-refractivity contribution in [1.29, 1.82) is 0 Å². The van der Waals surface area contributed by atoms with Gasteiger partial charge in [0.05, 0.1) is 37.9 Å². The van der Waals surface area contributed by atoms with E-state index in [0.717, 1.165) is 50.0 Å². The highest BCUT2D eigenvalue weighted by Gasteiger charge is 2.35. The van der Waals surface area contributed by atoms with E-state index in [2.05, 4.69) is 0 Å². The van der Waals surface area contributed by atoms with Gasteiger partial charge in [-0.1, -0.05) is 0 Å². The van der Waals surface area contributed by atoms with E-state index in [-0.39, 0.29) is 19.8 Å². The summed E-state index contributed by atoms with van der Waals surface area (Å²) in [5.74, 6) is -0.286. The quantitative estimate of drug-likeness (QED) is 0.447. The van der Waals surface area contributed by atoms with E-state index >= 15 is 0 Å². The molecule has 0 atom stereocenters. The Morgan fingerprint density at radius 1 is 0.909 bits per heavy atom. The van der Waals surface area contributed by atoms with Crippen LogP contribution in [0.2, 0.25) is 0 Å². The molecule has 2 aliphatic rings. The average molecular weight is 314 g/mol. The Morgan fingerprint density at radius 3 is 2.00 bits per heavy atom. The lowest BCUT2D eigenvalue weighted by Gasteiger charge is -2.29. The maximum absolute atomic E-state index is 10.6. The fraction of sp³-hybridized carbons (Fsp3) is 0.750. The zero-order valence-corrected chi connectivity index (χ0v) is 13.0. The number of ether oxygens (including phenoxy) is 4. The molecule has 0 bridgehead atoms. The Hall–Kier alpha value is -1.08. The monoisotopic (exact) mass is 314 g/mol. The van der Waals surface area contributed by atoms with Gasteiger partial charge in [0.25, 0.3) is 0 Å². The molecule has 0 aromatic rings. The van der Waals surface area contributed by atoms with Crippen LogP contribution in [0, 0.1) is 0 Å². The van der Waals surface area contributed by atoms with E-state index < -0.39 is 5.97 Å². The molecule has 0 fully saturated rings. The van der Waals surface area contributed by atoms with Crippen LogP contribution in [0.1, 0.15) is 38.5 Å². The second-order valence-electron chi connectivity index (χ2n) is 5.43. The van der Waals surface area contributed by atoms with E-state index in [4.69, 9.17) is 24.1 Å². The molecule has 0 amide bonds. The first-order chi connectivity index (χ1) is 10.7. The third-order valence-corrected chi connectivity index (χ3v) is 3.47. The minimum Gasteiger partial charge on any atom is -0.433 e. The Labute approximate surface area is 131 Å². The largest absolute Gasteiger partial charge is 0.433 e. The van der Waals surface area contributed by atoms with Crippen molar-refractivity contribution in [2.24, 2.45) is 0 Å². The lowest BCUT2D eigenvalue weighted by Crippen LogP contribution is -2.40. The highest BCUT2D eigenvalue weighted by Crippen LogP contribution is 2.29. The molecule has 126 valence electrons. The summed E-state index contributed by atoms with van der Waals surface area (Å²) in [5.41, 5.74) is 0. The third kappa shape index (κ3) is 5.96. The Balaban J connectivity index is 1.80. The molecule has 6 heteroatoms. The highest BCUT2D eigenvalue weighted by molar-refractivity contribution is 5.03. The Bertz CT molecular complexity index is 364. The molecule has 0 saturated heterocycles. The second-order valence-corrected chi connectivity index (χ2v) is 5.43. The molecule has 0 aliphatic heterocycles. The first-order valence-electron chi connectivity index (χ1n) is 7.97. The van der Waals surface area contributed by atoms with Gasteiger partial charge in [-0.05, 0) is 37.8 Å². The summed E-state index contributed by atoms with van der Waals surface area (Å²) in [6.07, 6.45) is 9.56. The van der Waals surface area contributed by atoms with Gasteiger partial charge < -0.3 is 29.2 Å². The Kier molecular flexibility index (Phi) is 7.18. The predicted molar refractivity (Wildman–Crippen MR) is 79.7 cm³/mol. The van der Waals surface area contributed by atoms with Gasteiger partial charge >= 0.3 is 5.97 Å². The van der Waals surface area contributed by atoms with Crippen molar-refractivity contribution in [1.82, 2.24) is 0 Å². The molecule has 0 saturated carbocycles. The van der Waals surface area contributed by atoms with Crippen LogP contribution in [0.3, 0.4) is 0 Å². The van der Waals surface area contributed by atoms with Crippen molar-refractivity contribution in [3.63, 3.8) is 0 Å². The molecule has 0 radical (unpaired) electrons. The number of hydrogen-bond donors (Lipinski definition) is 2. The number of aliphatic hydroxyl groups is 2. The lowest BCUT2D eigenvalue weighted by atomic mass is 10.3. The fourth-order valence-electron chi connectivity index (χ4n) is 2.44. The van der Waals surface area contributed by atoms with Gasteiger partial charge in [0.1, 0.15) is 0 Å². The summed E-state index contributed by atoms with van der Waals surface area (Å²) >= 11 is 0. The van der Waals surface area contributed by atoms with Crippen molar-refractivity contribution in [2.75, 3.05) is 33.0 Å². The van der Waals surface area contributed by atoms with Gasteiger partial charge in [-0.25, -0.2) is 0 Å². The molecule has 22 heavy (non-hydrogen) atoms. The van der Waals surface area contributed by atoms with Crippen LogP contribution >= 0.6 is 0 Å². The minimum absolute atomic E-state index is 0.0154. The van der Waals surface area contributed by atoms with Gasteiger partial charge in [-0.2, -0.15) is 0 Å². The minimum atomic E-state index is -1.79. The maximum Gasteiger partial charge on any atom is 0.393 e. The van der Waals surface area contributed by atoms with Crippen LogP contribution < -0.4 is 0 Å². The number of aliphatic hydroxyl groups excluding tert-OH is 1. The number of rotatable bonds is 11. The fourth-order valence-corrected chi connectivity index (χ4v) is 2.44. The van der Waals surface area contributed by atoms with E-state index in [1.807, 2.05) is 12.2 Å². The normalized spacial score (nSPS) is 18.3. The molecule has 2 N–H and O–H groups in total. The first kappa shape index (κ1) is 17.3. The maximum atomic E-state index is 10.6. The van der Waals surface area contributed by atoms with Gasteiger partial charge in [0.2, 0.25) is 0 Å². The molecule has 2 aliphatic carbocycles. The summed E-state index contributed by atoms with van der Waals surface area (Å²) in [7, 11) is 0. The molecule has 6 nitrogen and oxygen atoms in total. The topological polar surface area (TPSA) is 77.4 Å². The zero-order chi connectivity index (χ0) is 15.7. The number of hydrogen-bond acceptors (Lipinski definition) is 6. The van der Waals surface area contributed by atoms with Gasteiger partial charge in [0, 0.05) is 12.8 Å². The molecule has 0 spiro atoms. The van der Waals surface area contributed by atoms with Crippen molar-refractivity contribution >= 4 is 0 Å². The summed E-state index contributed by atoms with van der Waals surface area (Å²) in [5, 5.41) is 19.2.